The van der Waals surface area contributed by atoms with Gasteiger partial charge in [0.25, 0.3) is 0 Å². The van der Waals surface area contributed by atoms with Crippen molar-refractivity contribution in [2.75, 3.05) is 0 Å². The minimum absolute atomic E-state index is 0.0529. The Morgan fingerprint density at radius 1 is 1.47 bits per heavy atom. The smallest absolute Gasteiger partial charge is 0.319 e. The Hall–Kier alpha value is -0.140. The van der Waals surface area contributed by atoms with Crippen molar-refractivity contribution in [3.63, 3.8) is 0 Å². The van der Waals surface area contributed by atoms with Gasteiger partial charge in [0.15, 0.2) is 0 Å². The van der Waals surface area contributed by atoms with E-state index in [0.29, 0.717) is 8.66 Å². The molecule has 0 aliphatic heterocycles. The summed E-state index contributed by atoms with van der Waals surface area (Å²) in [5.74, 6) is -4.20. The molecule has 15 heavy (non-hydrogen) atoms. The quantitative estimate of drug-likeness (QED) is 0.846. The molecule has 0 radical (unpaired) electrons. The van der Waals surface area contributed by atoms with E-state index in [0.717, 1.165) is 0 Å². The Morgan fingerprint density at radius 2 is 2.00 bits per heavy atom. The molecule has 1 unspecified atom stereocenters. The highest BCUT2D eigenvalue weighted by molar-refractivity contribution is 9.11. The minimum atomic E-state index is -4.20. The first-order chi connectivity index (χ1) is 6.76. The molecule has 1 nitrogen and oxygen atoms in total. The number of thiophene rings is 1. The molecule has 0 spiro atoms. The molecule has 1 rings (SSSR count). The lowest BCUT2D eigenvalue weighted by Gasteiger charge is -2.22. The van der Waals surface area contributed by atoms with Gasteiger partial charge < -0.3 is 5.73 Å². The van der Waals surface area contributed by atoms with Gasteiger partial charge in [-0.1, -0.05) is 0 Å². The maximum atomic E-state index is 12.9. The lowest BCUT2D eigenvalue weighted by Crippen LogP contribution is -2.39. The number of rotatable bonds is 3. The molecule has 1 atom stereocenters. The molecule has 0 aromatic carbocycles. The molecule has 1 aromatic rings. The zero-order valence-electron chi connectivity index (χ0n) is 7.61. The molecule has 0 fully saturated rings. The third-order valence-electron chi connectivity index (χ3n) is 1.97. The summed E-state index contributed by atoms with van der Waals surface area (Å²) < 4.78 is 50.5. The van der Waals surface area contributed by atoms with Crippen LogP contribution in [0.5, 0.6) is 0 Å². The average molecular weight is 306 g/mol. The molecule has 86 valence electrons. The first-order valence-electron chi connectivity index (χ1n) is 3.94. The molecule has 1 aromatic heterocycles. The second kappa shape index (κ2) is 4.39. The molecule has 2 N–H and O–H groups in total. The van der Waals surface area contributed by atoms with Gasteiger partial charge >= 0.3 is 12.3 Å². The first-order valence-corrected chi connectivity index (χ1v) is 5.55. The number of hydrogen-bond donors (Lipinski definition) is 1. The fraction of sp³-hybridized carbons (Fsp3) is 0.500. The number of aryl methyl sites for hydroxylation is 1. The van der Waals surface area contributed by atoms with Gasteiger partial charge in [0.2, 0.25) is 0 Å². The van der Waals surface area contributed by atoms with Gasteiger partial charge in [0.1, 0.15) is 6.04 Å². The van der Waals surface area contributed by atoms with Gasteiger partial charge in [-0.2, -0.15) is 8.78 Å². The highest BCUT2D eigenvalue weighted by atomic mass is 79.9. The van der Waals surface area contributed by atoms with Crippen LogP contribution in [0.15, 0.2) is 9.85 Å². The molecule has 0 amide bonds. The minimum Gasteiger partial charge on any atom is -0.319 e. The van der Waals surface area contributed by atoms with Crippen molar-refractivity contribution < 1.29 is 17.6 Å². The summed E-state index contributed by atoms with van der Waals surface area (Å²) in [6.07, 6.45) is -3.76. The zero-order chi connectivity index (χ0) is 11.8. The van der Waals surface area contributed by atoms with Crippen molar-refractivity contribution in [3.05, 3.63) is 20.3 Å². The fourth-order valence-corrected chi connectivity index (χ4v) is 2.87. The lowest BCUT2D eigenvalue weighted by atomic mass is 10.0. The van der Waals surface area contributed by atoms with Crippen LogP contribution in [0, 0.1) is 6.92 Å². The largest absolute Gasteiger partial charge is 0.326 e. The van der Waals surface area contributed by atoms with Crippen LogP contribution >= 0.6 is 27.3 Å². The van der Waals surface area contributed by atoms with Gasteiger partial charge in [0, 0.05) is 4.88 Å². The molecule has 0 bridgehead atoms. The monoisotopic (exact) mass is 305 g/mol. The molecular formula is C8H8BrF4NS. The maximum Gasteiger partial charge on any atom is 0.326 e. The standard InChI is InChI=1S/C8H8BrF4NS/c1-3-4(2-5(9)15-3)6(14)8(12,13)7(10)11/h2,6-7H,14H2,1H3. The van der Waals surface area contributed by atoms with Crippen LogP contribution < -0.4 is 5.73 Å². The highest BCUT2D eigenvalue weighted by Gasteiger charge is 2.48. The van der Waals surface area contributed by atoms with E-state index >= 15 is 0 Å². The van der Waals surface area contributed by atoms with E-state index in [2.05, 4.69) is 15.9 Å². The normalized spacial score (nSPS) is 14.7. The summed E-state index contributed by atoms with van der Waals surface area (Å²) in [6.45, 7) is 1.56. The summed E-state index contributed by atoms with van der Waals surface area (Å²) >= 11 is 4.27. The van der Waals surface area contributed by atoms with Crippen LogP contribution in [-0.4, -0.2) is 12.3 Å². The second-order valence-corrected chi connectivity index (χ2v) is 5.65. The van der Waals surface area contributed by atoms with Gasteiger partial charge in [-0.15, -0.1) is 11.3 Å². The fourth-order valence-electron chi connectivity index (χ4n) is 1.11. The molecule has 0 saturated carbocycles. The Morgan fingerprint density at radius 3 is 2.33 bits per heavy atom. The molecule has 7 heteroatoms. The van der Waals surface area contributed by atoms with Crippen molar-refractivity contribution in [2.45, 2.75) is 25.3 Å². The van der Waals surface area contributed by atoms with Crippen molar-refractivity contribution in [1.82, 2.24) is 0 Å². The summed E-state index contributed by atoms with van der Waals surface area (Å²) in [7, 11) is 0. The molecule has 1 heterocycles. The van der Waals surface area contributed by atoms with E-state index in [1.165, 1.54) is 17.4 Å². The number of hydrogen-bond acceptors (Lipinski definition) is 2. The number of halogens is 5. The van der Waals surface area contributed by atoms with Crippen LogP contribution in [-0.2, 0) is 0 Å². The molecular weight excluding hydrogens is 298 g/mol. The van der Waals surface area contributed by atoms with Crippen LogP contribution in [0.4, 0.5) is 17.6 Å². The summed E-state index contributed by atoms with van der Waals surface area (Å²) in [5.41, 5.74) is 5.20. The zero-order valence-corrected chi connectivity index (χ0v) is 10.0. The van der Waals surface area contributed by atoms with Crippen LogP contribution in [0.25, 0.3) is 0 Å². The SMILES string of the molecule is Cc1sc(Br)cc1C(N)C(F)(F)C(F)F. The van der Waals surface area contributed by atoms with E-state index in [4.69, 9.17) is 5.73 Å². The summed E-state index contributed by atoms with van der Waals surface area (Å²) in [4.78, 5) is 0.509. The van der Waals surface area contributed by atoms with Crippen LogP contribution in [0.2, 0.25) is 0 Å². The lowest BCUT2D eigenvalue weighted by molar-refractivity contribution is -0.144. The summed E-state index contributed by atoms with van der Waals surface area (Å²) in [6, 6.07) is -0.624. The van der Waals surface area contributed by atoms with Crippen LogP contribution in [0.3, 0.4) is 0 Å². The van der Waals surface area contributed by atoms with Gasteiger partial charge in [-0.05, 0) is 34.5 Å². The van der Waals surface area contributed by atoms with E-state index < -0.39 is 18.4 Å². The molecule has 0 aliphatic carbocycles. The van der Waals surface area contributed by atoms with Crippen molar-refractivity contribution in [3.8, 4) is 0 Å². The number of alkyl halides is 4. The first kappa shape index (κ1) is 12.9. The topological polar surface area (TPSA) is 26.0 Å². The molecule has 0 aliphatic rings. The molecule has 0 saturated heterocycles. The van der Waals surface area contributed by atoms with Crippen molar-refractivity contribution in [2.24, 2.45) is 5.73 Å². The summed E-state index contributed by atoms with van der Waals surface area (Å²) in [5, 5.41) is 0. The average Bonchev–Trinajstić information content (AvgIpc) is 2.43. The van der Waals surface area contributed by atoms with Gasteiger partial charge in [-0.25, -0.2) is 8.78 Å². The predicted molar refractivity (Wildman–Crippen MR) is 54.6 cm³/mol. The van der Waals surface area contributed by atoms with Gasteiger partial charge in [-0.3, -0.25) is 0 Å². The van der Waals surface area contributed by atoms with E-state index in [1.54, 1.807) is 6.92 Å². The van der Waals surface area contributed by atoms with Crippen LogP contribution in [0.1, 0.15) is 16.5 Å². The van der Waals surface area contributed by atoms with Crippen molar-refractivity contribution >= 4 is 27.3 Å². The van der Waals surface area contributed by atoms with Crippen molar-refractivity contribution in [1.29, 1.82) is 0 Å². The Kier molecular flexibility index (Phi) is 3.78. The Balaban J connectivity index is 3.04. The third-order valence-corrected chi connectivity index (χ3v) is 3.54. The third kappa shape index (κ3) is 2.51. The Labute approximate surface area is 96.4 Å². The van der Waals surface area contributed by atoms with E-state index in [1.807, 2.05) is 0 Å². The predicted octanol–water partition coefficient (Wildman–Crippen LogP) is 3.72. The maximum absolute atomic E-state index is 12.9. The van der Waals surface area contributed by atoms with Gasteiger partial charge in [0.05, 0.1) is 3.79 Å². The second-order valence-electron chi connectivity index (χ2n) is 3.01. The van der Waals surface area contributed by atoms with E-state index in [9.17, 15) is 17.6 Å². The van der Waals surface area contributed by atoms with E-state index in [-0.39, 0.29) is 5.56 Å². The highest BCUT2D eigenvalue weighted by Crippen LogP contribution is 2.39. The number of nitrogens with two attached hydrogens (primary N) is 1. The Bertz CT molecular complexity index is 352.